The van der Waals surface area contributed by atoms with E-state index >= 15 is 0 Å². The highest BCUT2D eigenvalue weighted by molar-refractivity contribution is 9.10. The molecule has 7 nitrogen and oxygen atoms in total. The molecule has 0 saturated carbocycles. The summed E-state index contributed by atoms with van der Waals surface area (Å²) in [5.41, 5.74) is 1.19. The van der Waals surface area contributed by atoms with Crippen molar-refractivity contribution in [2.24, 2.45) is 0 Å². The Morgan fingerprint density at radius 1 is 1.22 bits per heavy atom. The average Bonchev–Trinajstić information content (AvgIpc) is 3.23. The van der Waals surface area contributed by atoms with Crippen LogP contribution in [0.5, 0.6) is 0 Å². The lowest BCUT2D eigenvalue weighted by atomic mass is 10.0. The van der Waals surface area contributed by atoms with Crippen molar-refractivity contribution in [3.8, 4) is 5.82 Å². The first-order valence-electron chi connectivity index (χ1n) is 8.16. The molecule has 1 amide bonds. The summed E-state index contributed by atoms with van der Waals surface area (Å²) in [4.78, 5) is 28.6. The third kappa shape index (κ3) is 4.79. The number of hydrogen-bond acceptors (Lipinski definition) is 5. The highest BCUT2D eigenvalue weighted by Gasteiger charge is 2.20. The Bertz CT molecular complexity index is 909. The van der Waals surface area contributed by atoms with Crippen molar-refractivity contribution in [3.05, 3.63) is 76.7 Å². The number of nitrogens with zero attached hydrogens (tertiary/aromatic N) is 3. The van der Waals surface area contributed by atoms with Gasteiger partial charge in [-0.05, 0) is 35.9 Å². The Morgan fingerprint density at radius 3 is 2.59 bits per heavy atom. The lowest BCUT2D eigenvalue weighted by Gasteiger charge is -2.18. The minimum atomic E-state index is -0.510. The largest absolute Gasteiger partial charge is 0.469 e. The zero-order valence-electron chi connectivity index (χ0n) is 14.5. The molecule has 0 bridgehead atoms. The second-order valence-electron chi connectivity index (χ2n) is 5.71. The van der Waals surface area contributed by atoms with E-state index in [9.17, 15) is 9.59 Å². The number of carbonyl (C=O) groups is 2. The van der Waals surface area contributed by atoms with Gasteiger partial charge in [0.15, 0.2) is 5.82 Å². The minimum Gasteiger partial charge on any atom is -0.469 e. The molecule has 0 aliphatic carbocycles. The SMILES string of the molecule is COC(=O)C[C@H](NC(=O)c1ccc(-n2cccn2)nc1)c1ccc(Br)cc1. The summed E-state index contributed by atoms with van der Waals surface area (Å²) in [5.74, 6) is -0.128. The number of carbonyl (C=O) groups excluding carboxylic acids is 2. The lowest BCUT2D eigenvalue weighted by molar-refractivity contribution is -0.141. The number of benzene rings is 1. The second kappa shape index (κ2) is 8.59. The molecule has 27 heavy (non-hydrogen) atoms. The van der Waals surface area contributed by atoms with Crippen LogP contribution in [0.2, 0.25) is 0 Å². The van der Waals surface area contributed by atoms with Crippen LogP contribution in [0, 0.1) is 0 Å². The molecular formula is C19H17BrN4O3. The second-order valence-corrected chi connectivity index (χ2v) is 6.63. The molecule has 1 aromatic carbocycles. The zero-order valence-corrected chi connectivity index (χ0v) is 16.1. The number of nitrogens with one attached hydrogen (secondary N) is 1. The molecule has 8 heteroatoms. The monoisotopic (exact) mass is 428 g/mol. The number of halogens is 1. The van der Waals surface area contributed by atoms with Gasteiger partial charge < -0.3 is 10.1 Å². The molecule has 1 atom stereocenters. The standard InChI is InChI=1S/C19H17BrN4O3/c1-27-18(25)11-16(13-3-6-15(20)7-4-13)23-19(26)14-5-8-17(21-12-14)24-10-2-9-22-24/h2-10,12,16H,11H2,1H3,(H,23,26)/t16-/m0/s1. The molecule has 3 aromatic rings. The van der Waals surface area contributed by atoms with Crippen molar-refractivity contribution in [2.75, 3.05) is 7.11 Å². The van der Waals surface area contributed by atoms with E-state index in [0.29, 0.717) is 11.4 Å². The fraction of sp³-hybridized carbons (Fsp3) is 0.158. The Hall–Kier alpha value is -3.00. The van der Waals surface area contributed by atoms with Crippen molar-refractivity contribution in [3.63, 3.8) is 0 Å². The Balaban J connectivity index is 1.77. The number of ether oxygens (including phenoxy) is 1. The van der Waals surface area contributed by atoms with Gasteiger partial charge in [-0.1, -0.05) is 28.1 Å². The van der Waals surface area contributed by atoms with Crippen LogP contribution in [-0.4, -0.2) is 33.8 Å². The summed E-state index contributed by atoms with van der Waals surface area (Å²) in [6.45, 7) is 0. The third-order valence-electron chi connectivity index (χ3n) is 3.93. The van der Waals surface area contributed by atoms with E-state index in [1.807, 2.05) is 24.3 Å². The van der Waals surface area contributed by atoms with E-state index in [1.54, 1.807) is 35.3 Å². The number of pyridine rings is 1. The van der Waals surface area contributed by atoms with Crippen molar-refractivity contribution < 1.29 is 14.3 Å². The van der Waals surface area contributed by atoms with Gasteiger partial charge in [0.1, 0.15) is 0 Å². The predicted octanol–water partition coefficient (Wildman–Crippen LogP) is 3.06. The lowest BCUT2D eigenvalue weighted by Crippen LogP contribution is -2.30. The molecule has 0 spiro atoms. The van der Waals surface area contributed by atoms with E-state index in [4.69, 9.17) is 4.74 Å². The fourth-order valence-corrected chi connectivity index (χ4v) is 2.76. The van der Waals surface area contributed by atoms with E-state index in [2.05, 4.69) is 31.3 Å². The van der Waals surface area contributed by atoms with Gasteiger partial charge in [0.25, 0.3) is 5.91 Å². The number of esters is 1. The summed E-state index contributed by atoms with van der Waals surface area (Å²) in [6, 6.07) is 12.0. The van der Waals surface area contributed by atoms with Crippen LogP contribution in [-0.2, 0) is 9.53 Å². The number of rotatable bonds is 6. The predicted molar refractivity (Wildman–Crippen MR) is 102 cm³/mol. The summed E-state index contributed by atoms with van der Waals surface area (Å²) < 4.78 is 7.26. The number of aromatic nitrogens is 3. The molecule has 0 unspecified atom stereocenters. The van der Waals surface area contributed by atoms with Crippen LogP contribution in [0.1, 0.15) is 28.4 Å². The van der Waals surface area contributed by atoms with Gasteiger partial charge in [-0.3, -0.25) is 9.59 Å². The first-order valence-corrected chi connectivity index (χ1v) is 8.95. The molecule has 2 aromatic heterocycles. The minimum absolute atomic E-state index is 0.0304. The topological polar surface area (TPSA) is 86.1 Å². The molecule has 0 radical (unpaired) electrons. The van der Waals surface area contributed by atoms with Crippen molar-refractivity contribution in [1.29, 1.82) is 0 Å². The van der Waals surface area contributed by atoms with Crippen LogP contribution in [0.15, 0.2) is 65.5 Å². The van der Waals surface area contributed by atoms with Crippen LogP contribution >= 0.6 is 15.9 Å². The summed E-state index contributed by atoms with van der Waals surface area (Å²) >= 11 is 3.38. The van der Waals surface area contributed by atoms with Gasteiger partial charge >= 0.3 is 5.97 Å². The van der Waals surface area contributed by atoms with Crippen LogP contribution in [0.3, 0.4) is 0 Å². The number of methoxy groups -OCH3 is 1. The highest BCUT2D eigenvalue weighted by Crippen LogP contribution is 2.21. The summed E-state index contributed by atoms with van der Waals surface area (Å²) in [7, 11) is 1.32. The molecule has 0 aliphatic heterocycles. The van der Waals surface area contributed by atoms with Gasteiger partial charge in [-0.25, -0.2) is 9.67 Å². The maximum absolute atomic E-state index is 12.6. The zero-order chi connectivity index (χ0) is 19.2. The van der Waals surface area contributed by atoms with E-state index in [-0.39, 0.29) is 12.3 Å². The van der Waals surface area contributed by atoms with Gasteiger partial charge in [0.2, 0.25) is 0 Å². The van der Waals surface area contributed by atoms with Crippen molar-refractivity contribution >= 4 is 27.8 Å². The first kappa shape index (κ1) is 18.8. The normalized spacial score (nSPS) is 11.6. The fourth-order valence-electron chi connectivity index (χ4n) is 2.50. The summed E-state index contributed by atoms with van der Waals surface area (Å²) in [6.07, 6.45) is 4.92. The maximum atomic E-state index is 12.6. The molecule has 0 fully saturated rings. The van der Waals surface area contributed by atoms with E-state index in [1.165, 1.54) is 13.3 Å². The Kier molecular flexibility index (Phi) is 5.97. The highest BCUT2D eigenvalue weighted by atomic mass is 79.9. The first-order chi connectivity index (χ1) is 13.1. The molecule has 138 valence electrons. The maximum Gasteiger partial charge on any atom is 0.307 e. The molecule has 1 N–H and O–H groups in total. The van der Waals surface area contributed by atoms with Gasteiger partial charge in [0, 0.05) is 23.1 Å². The van der Waals surface area contributed by atoms with Gasteiger partial charge in [-0.2, -0.15) is 5.10 Å². The summed E-state index contributed by atoms with van der Waals surface area (Å²) in [5, 5.41) is 6.97. The molecular weight excluding hydrogens is 412 g/mol. The molecule has 0 saturated heterocycles. The van der Waals surface area contributed by atoms with Crippen molar-refractivity contribution in [2.45, 2.75) is 12.5 Å². The molecule has 3 rings (SSSR count). The van der Waals surface area contributed by atoms with Crippen LogP contribution < -0.4 is 5.32 Å². The van der Waals surface area contributed by atoms with Crippen LogP contribution in [0.25, 0.3) is 5.82 Å². The third-order valence-corrected chi connectivity index (χ3v) is 4.45. The van der Waals surface area contributed by atoms with E-state index in [0.717, 1.165) is 10.0 Å². The average molecular weight is 429 g/mol. The van der Waals surface area contributed by atoms with Gasteiger partial charge in [-0.15, -0.1) is 0 Å². The quantitative estimate of drug-likeness (QED) is 0.609. The van der Waals surface area contributed by atoms with Crippen LogP contribution in [0.4, 0.5) is 0 Å². The number of amides is 1. The van der Waals surface area contributed by atoms with E-state index < -0.39 is 12.0 Å². The number of hydrogen-bond donors (Lipinski definition) is 1. The Morgan fingerprint density at radius 2 is 2.00 bits per heavy atom. The van der Waals surface area contributed by atoms with Crippen molar-refractivity contribution in [1.82, 2.24) is 20.1 Å². The Labute approximate surface area is 164 Å². The molecule has 2 heterocycles. The van der Waals surface area contributed by atoms with Gasteiger partial charge in [0.05, 0.1) is 25.1 Å². The smallest absolute Gasteiger partial charge is 0.307 e. The molecule has 0 aliphatic rings.